The molecule has 2 N–H and O–H groups in total. The molecule has 4 rings (SSSR count). The van der Waals surface area contributed by atoms with E-state index in [1.54, 1.807) is 72.4 Å². The first-order chi connectivity index (χ1) is 14.5. The van der Waals surface area contributed by atoms with Gasteiger partial charge in [0, 0.05) is 29.8 Å². The second kappa shape index (κ2) is 8.04. The number of carbonyl (C=O) groups is 2. The number of hydrogen-bond donors (Lipinski definition) is 2. The van der Waals surface area contributed by atoms with Gasteiger partial charge in [-0.15, -0.1) is 0 Å². The van der Waals surface area contributed by atoms with Gasteiger partial charge in [-0.1, -0.05) is 6.07 Å². The molecule has 30 heavy (non-hydrogen) atoms. The molecule has 0 unspecified atom stereocenters. The van der Waals surface area contributed by atoms with E-state index in [0.29, 0.717) is 34.2 Å². The molecule has 0 aliphatic rings. The fourth-order valence-corrected chi connectivity index (χ4v) is 3.02. The molecule has 0 bridgehead atoms. The molecule has 8 heteroatoms. The molecule has 150 valence electrons. The van der Waals surface area contributed by atoms with Crippen LogP contribution in [0.15, 0.2) is 67.1 Å². The number of imidazole rings is 1. The summed E-state index contributed by atoms with van der Waals surface area (Å²) >= 11 is 0. The minimum Gasteiger partial charge on any atom is -0.497 e. The van der Waals surface area contributed by atoms with Crippen LogP contribution in [0.3, 0.4) is 0 Å². The van der Waals surface area contributed by atoms with Crippen LogP contribution < -0.4 is 15.4 Å². The SMILES string of the molecule is COc1ccn2c(C(=O)Nc3ccc(NC(=O)c4ccccn4)cc3C)cnc2c1. The average Bonchev–Trinajstić information content (AvgIpc) is 3.19. The number of benzene rings is 1. The molecule has 0 aliphatic carbocycles. The summed E-state index contributed by atoms with van der Waals surface area (Å²) in [6, 6.07) is 13.9. The summed E-state index contributed by atoms with van der Waals surface area (Å²) in [5, 5.41) is 5.69. The molecular weight excluding hydrogens is 382 g/mol. The molecule has 0 radical (unpaired) electrons. The van der Waals surface area contributed by atoms with Crippen LogP contribution in [-0.4, -0.2) is 33.3 Å². The molecule has 1 aromatic carbocycles. The van der Waals surface area contributed by atoms with Gasteiger partial charge in [0.25, 0.3) is 11.8 Å². The molecule has 0 aliphatic heterocycles. The maximum absolute atomic E-state index is 12.8. The molecule has 3 heterocycles. The lowest BCUT2D eigenvalue weighted by Gasteiger charge is -2.11. The molecule has 0 saturated heterocycles. The first kappa shape index (κ1) is 19.1. The summed E-state index contributed by atoms with van der Waals surface area (Å²) in [6.07, 6.45) is 4.81. The molecule has 0 atom stereocenters. The number of nitrogens with zero attached hydrogens (tertiary/aromatic N) is 3. The van der Waals surface area contributed by atoms with E-state index in [1.807, 2.05) is 6.92 Å². The first-order valence-corrected chi connectivity index (χ1v) is 9.20. The number of carbonyl (C=O) groups excluding carboxylic acids is 2. The Morgan fingerprint density at radius 2 is 1.87 bits per heavy atom. The third kappa shape index (κ3) is 3.83. The van der Waals surface area contributed by atoms with Crippen LogP contribution in [0.1, 0.15) is 26.5 Å². The molecule has 0 fully saturated rings. The van der Waals surface area contributed by atoms with Gasteiger partial charge in [0.2, 0.25) is 0 Å². The van der Waals surface area contributed by atoms with E-state index in [2.05, 4.69) is 20.6 Å². The van der Waals surface area contributed by atoms with Crippen molar-refractivity contribution >= 4 is 28.8 Å². The van der Waals surface area contributed by atoms with Crippen LogP contribution in [0.2, 0.25) is 0 Å². The number of methoxy groups -OCH3 is 1. The van der Waals surface area contributed by atoms with Crippen molar-refractivity contribution in [3.8, 4) is 5.75 Å². The Hall–Kier alpha value is -4.20. The van der Waals surface area contributed by atoms with Crippen molar-refractivity contribution in [2.45, 2.75) is 6.92 Å². The van der Waals surface area contributed by atoms with Crippen molar-refractivity contribution in [3.63, 3.8) is 0 Å². The van der Waals surface area contributed by atoms with Crippen molar-refractivity contribution < 1.29 is 14.3 Å². The third-order valence-electron chi connectivity index (χ3n) is 4.58. The van der Waals surface area contributed by atoms with E-state index in [9.17, 15) is 9.59 Å². The van der Waals surface area contributed by atoms with Crippen LogP contribution >= 0.6 is 0 Å². The van der Waals surface area contributed by atoms with E-state index in [-0.39, 0.29) is 11.8 Å². The second-order valence-corrected chi connectivity index (χ2v) is 6.59. The number of pyridine rings is 2. The summed E-state index contributed by atoms with van der Waals surface area (Å²) in [7, 11) is 1.58. The molecule has 3 aromatic heterocycles. The zero-order chi connectivity index (χ0) is 21.1. The van der Waals surface area contributed by atoms with Gasteiger partial charge in [-0.2, -0.15) is 0 Å². The van der Waals surface area contributed by atoms with Gasteiger partial charge in [-0.05, 0) is 48.9 Å². The van der Waals surface area contributed by atoms with Gasteiger partial charge in [-0.3, -0.25) is 19.0 Å². The molecule has 8 nitrogen and oxygen atoms in total. The number of anilines is 2. The molecule has 2 amide bonds. The second-order valence-electron chi connectivity index (χ2n) is 6.59. The van der Waals surface area contributed by atoms with E-state index in [0.717, 1.165) is 5.56 Å². The van der Waals surface area contributed by atoms with E-state index in [4.69, 9.17) is 4.74 Å². The maximum atomic E-state index is 12.8. The summed E-state index contributed by atoms with van der Waals surface area (Å²) < 4.78 is 6.87. The summed E-state index contributed by atoms with van der Waals surface area (Å²) in [4.78, 5) is 33.3. The molecule has 0 saturated carbocycles. The van der Waals surface area contributed by atoms with Gasteiger partial charge < -0.3 is 15.4 Å². The number of nitrogens with one attached hydrogen (secondary N) is 2. The topological polar surface area (TPSA) is 97.6 Å². The molecule has 0 spiro atoms. The van der Waals surface area contributed by atoms with E-state index < -0.39 is 0 Å². The van der Waals surface area contributed by atoms with Gasteiger partial charge in [0.1, 0.15) is 22.8 Å². The highest BCUT2D eigenvalue weighted by atomic mass is 16.5. The Morgan fingerprint density at radius 1 is 1.00 bits per heavy atom. The van der Waals surface area contributed by atoms with Crippen LogP contribution in [0, 0.1) is 6.92 Å². The summed E-state index contributed by atoms with van der Waals surface area (Å²) in [5.74, 6) is 0.0771. The maximum Gasteiger partial charge on any atom is 0.274 e. The van der Waals surface area contributed by atoms with Crippen molar-refractivity contribution in [1.29, 1.82) is 0 Å². The summed E-state index contributed by atoms with van der Waals surface area (Å²) in [6.45, 7) is 1.85. The quantitative estimate of drug-likeness (QED) is 0.533. The third-order valence-corrected chi connectivity index (χ3v) is 4.58. The Morgan fingerprint density at radius 3 is 2.60 bits per heavy atom. The monoisotopic (exact) mass is 401 g/mol. The van der Waals surface area contributed by atoms with Crippen molar-refractivity contribution in [3.05, 3.63) is 84.1 Å². The molecular formula is C22H19N5O3. The molecule has 4 aromatic rings. The minimum atomic E-state index is -0.298. The zero-order valence-corrected chi connectivity index (χ0v) is 16.4. The highest BCUT2D eigenvalue weighted by Crippen LogP contribution is 2.22. The van der Waals surface area contributed by atoms with Crippen LogP contribution in [0.5, 0.6) is 5.75 Å². The minimum absolute atomic E-state index is 0.291. The lowest BCUT2D eigenvalue weighted by atomic mass is 10.1. The van der Waals surface area contributed by atoms with Crippen LogP contribution in [0.4, 0.5) is 11.4 Å². The van der Waals surface area contributed by atoms with Crippen molar-refractivity contribution in [1.82, 2.24) is 14.4 Å². The van der Waals surface area contributed by atoms with Gasteiger partial charge in [0.05, 0.1) is 13.3 Å². The van der Waals surface area contributed by atoms with Gasteiger partial charge in [-0.25, -0.2) is 4.98 Å². The fraction of sp³-hybridized carbons (Fsp3) is 0.0909. The Kier molecular flexibility index (Phi) is 5.13. The Balaban J connectivity index is 1.50. The number of hydrogen-bond acceptors (Lipinski definition) is 5. The largest absolute Gasteiger partial charge is 0.497 e. The standard InChI is InChI=1S/C22H19N5O3/c1-14-11-15(25-21(28)18-5-3-4-9-23-18)6-7-17(14)26-22(29)19-13-24-20-12-16(30-2)8-10-27(19)20/h3-13H,1-2H3,(H,25,28)(H,26,29). The Bertz CT molecular complexity index is 1230. The highest BCUT2D eigenvalue weighted by molar-refractivity contribution is 6.05. The average molecular weight is 401 g/mol. The first-order valence-electron chi connectivity index (χ1n) is 9.20. The van der Waals surface area contributed by atoms with Crippen molar-refractivity contribution in [2.75, 3.05) is 17.7 Å². The fourth-order valence-electron chi connectivity index (χ4n) is 3.02. The number of aromatic nitrogens is 3. The van der Waals surface area contributed by atoms with Gasteiger partial charge in [0.15, 0.2) is 0 Å². The Labute approximate surface area is 172 Å². The lowest BCUT2D eigenvalue weighted by molar-refractivity contribution is 0.101. The lowest BCUT2D eigenvalue weighted by Crippen LogP contribution is -2.16. The number of ether oxygens (including phenoxy) is 1. The smallest absolute Gasteiger partial charge is 0.274 e. The number of fused-ring (bicyclic) bond motifs is 1. The summed E-state index contributed by atoms with van der Waals surface area (Å²) in [5.41, 5.74) is 3.40. The zero-order valence-electron chi connectivity index (χ0n) is 16.4. The number of amides is 2. The predicted molar refractivity (Wildman–Crippen MR) is 113 cm³/mol. The number of aryl methyl sites for hydroxylation is 1. The van der Waals surface area contributed by atoms with E-state index in [1.165, 1.54) is 6.20 Å². The predicted octanol–water partition coefficient (Wildman–Crippen LogP) is 3.55. The van der Waals surface area contributed by atoms with Crippen molar-refractivity contribution in [2.24, 2.45) is 0 Å². The normalized spacial score (nSPS) is 10.6. The number of rotatable bonds is 5. The van der Waals surface area contributed by atoms with Crippen LogP contribution in [0.25, 0.3) is 5.65 Å². The van der Waals surface area contributed by atoms with Gasteiger partial charge >= 0.3 is 0 Å². The van der Waals surface area contributed by atoms with Crippen LogP contribution in [-0.2, 0) is 0 Å². The van der Waals surface area contributed by atoms with E-state index >= 15 is 0 Å². The highest BCUT2D eigenvalue weighted by Gasteiger charge is 2.14.